The summed E-state index contributed by atoms with van der Waals surface area (Å²) in [6.45, 7) is 0. The van der Waals surface area contributed by atoms with Gasteiger partial charge in [0.1, 0.15) is 5.69 Å². The Morgan fingerprint density at radius 2 is 1.93 bits per heavy atom. The zero-order valence-electron chi connectivity index (χ0n) is 8.72. The highest BCUT2D eigenvalue weighted by atomic mass is 16.1. The van der Waals surface area contributed by atoms with Crippen molar-refractivity contribution in [3.05, 3.63) is 11.4 Å². The van der Waals surface area contributed by atoms with Gasteiger partial charge in [-0.3, -0.25) is 4.79 Å². The molecule has 0 atom stereocenters. The molecular weight excluding hydrogens is 190 g/mol. The predicted octanol–water partition coefficient (Wildman–Crippen LogP) is 2.08. The minimum atomic E-state index is 0.516. The average Bonchev–Trinajstić information content (AvgIpc) is 2.44. The van der Waals surface area contributed by atoms with Crippen molar-refractivity contribution in [3.8, 4) is 0 Å². The van der Waals surface area contributed by atoms with Crippen molar-refractivity contribution in [1.29, 1.82) is 0 Å². The zero-order valence-corrected chi connectivity index (χ0v) is 8.72. The molecular formula is C11H15N3O. The van der Waals surface area contributed by atoms with Crippen LogP contribution in [0.15, 0.2) is 0 Å². The minimum absolute atomic E-state index is 0.516. The van der Waals surface area contributed by atoms with Gasteiger partial charge < -0.3 is 0 Å². The summed E-state index contributed by atoms with van der Waals surface area (Å²) in [6.07, 6.45) is 8.20. The highest BCUT2D eigenvalue weighted by Gasteiger charge is 2.31. The molecule has 0 aromatic carbocycles. The molecule has 15 heavy (non-hydrogen) atoms. The lowest BCUT2D eigenvalue weighted by molar-refractivity contribution is 0.111. The molecule has 0 amide bonds. The van der Waals surface area contributed by atoms with E-state index in [-0.39, 0.29) is 0 Å². The number of aromatic nitrogens is 3. The van der Waals surface area contributed by atoms with Gasteiger partial charge in [-0.2, -0.15) is 0 Å². The Bertz CT molecular complexity index is 377. The van der Waals surface area contributed by atoms with Crippen LogP contribution in [-0.2, 0) is 0 Å². The number of hydrogen-bond donors (Lipinski definition) is 0. The molecule has 2 aliphatic carbocycles. The van der Waals surface area contributed by atoms with Gasteiger partial charge in [0.2, 0.25) is 0 Å². The summed E-state index contributed by atoms with van der Waals surface area (Å²) in [5, 5.41) is 8.13. The second kappa shape index (κ2) is 3.43. The molecule has 0 spiro atoms. The van der Waals surface area contributed by atoms with Crippen molar-refractivity contribution < 1.29 is 4.79 Å². The molecule has 0 saturated heterocycles. The van der Waals surface area contributed by atoms with E-state index in [9.17, 15) is 4.79 Å². The third-order valence-corrected chi connectivity index (χ3v) is 3.78. The van der Waals surface area contributed by atoms with Crippen molar-refractivity contribution in [2.24, 2.45) is 0 Å². The van der Waals surface area contributed by atoms with Gasteiger partial charge in [0.05, 0.1) is 11.7 Å². The summed E-state index contributed by atoms with van der Waals surface area (Å²) in [7, 11) is 0. The summed E-state index contributed by atoms with van der Waals surface area (Å²) < 4.78 is 2.02. The fourth-order valence-corrected chi connectivity index (χ4v) is 2.38. The summed E-state index contributed by atoms with van der Waals surface area (Å²) in [5.74, 6) is 0.542. The largest absolute Gasteiger partial charge is 0.296 e. The van der Waals surface area contributed by atoms with Crippen LogP contribution < -0.4 is 0 Å². The van der Waals surface area contributed by atoms with Gasteiger partial charge in [-0.1, -0.05) is 11.6 Å². The van der Waals surface area contributed by atoms with Crippen molar-refractivity contribution in [2.75, 3.05) is 0 Å². The predicted molar refractivity (Wildman–Crippen MR) is 54.9 cm³/mol. The van der Waals surface area contributed by atoms with Crippen LogP contribution in [0.5, 0.6) is 0 Å². The van der Waals surface area contributed by atoms with Gasteiger partial charge in [-0.05, 0) is 32.1 Å². The quantitative estimate of drug-likeness (QED) is 0.710. The third kappa shape index (κ3) is 1.31. The summed E-state index contributed by atoms with van der Waals surface area (Å²) >= 11 is 0. The van der Waals surface area contributed by atoms with Gasteiger partial charge in [0, 0.05) is 5.92 Å². The van der Waals surface area contributed by atoms with E-state index < -0.39 is 0 Å². The Labute approximate surface area is 88.7 Å². The topological polar surface area (TPSA) is 47.8 Å². The van der Waals surface area contributed by atoms with Gasteiger partial charge in [0.15, 0.2) is 6.29 Å². The minimum Gasteiger partial charge on any atom is -0.296 e. The second-order valence-electron chi connectivity index (χ2n) is 4.63. The Morgan fingerprint density at radius 1 is 1.20 bits per heavy atom. The summed E-state index contributed by atoms with van der Waals surface area (Å²) in [6, 6.07) is 0.516. The van der Waals surface area contributed by atoms with E-state index in [0.29, 0.717) is 17.7 Å². The van der Waals surface area contributed by atoms with E-state index in [1.807, 2.05) is 4.68 Å². The molecule has 0 aliphatic heterocycles. The molecule has 4 heteroatoms. The van der Waals surface area contributed by atoms with Gasteiger partial charge in [-0.25, -0.2) is 4.68 Å². The first-order valence-electron chi connectivity index (χ1n) is 5.80. The normalized spacial score (nSPS) is 22.1. The van der Waals surface area contributed by atoms with Gasteiger partial charge >= 0.3 is 0 Å². The van der Waals surface area contributed by atoms with Crippen LogP contribution in [0, 0.1) is 0 Å². The fourth-order valence-electron chi connectivity index (χ4n) is 2.38. The number of carbonyl (C=O) groups excluding carboxylic acids is 1. The lowest BCUT2D eigenvalue weighted by Crippen LogP contribution is -2.24. The van der Waals surface area contributed by atoms with E-state index in [0.717, 1.165) is 12.0 Å². The molecule has 0 radical (unpaired) electrons. The first-order chi connectivity index (χ1) is 7.40. The average molecular weight is 205 g/mol. The summed E-state index contributed by atoms with van der Waals surface area (Å²) in [5.41, 5.74) is 1.69. The summed E-state index contributed by atoms with van der Waals surface area (Å²) in [4.78, 5) is 10.9. The Hall–Kier alpha value is -1.19. The van der Waals surface area contributed by atoms with Crippen LogP contribution in [0.3, 0.4) is 0 Å². The zero-order chi connectivity index (χ0) is 10.3. The standard InChI is InChI=1S/C11H15N3O/c15-7-10-11(8-3-1-4-8)14(13-12-10)9-5-2-6-9/h7-9H,1-6H2. The molecule has 2 fully saturated rings. The Balaban J connectivity index is 1.97. The van der Waals surface area contributed by atoms with E-state index in [1.54, 1.807) is 0 Å². The first kappa shape index (κ1) is 9.07. The van der Waals surface area contributed by atoms with Crippen molar-refractivity contribution >= 4 is 6.29 Å². The number of aldehydes is 1. The van der Waals surface area contributed by atoms with Crippen molar-refractivity contribution in [3.63, 3.8) is 0 Å². The van der Waals surface area contributed by atoms with Crippen LogP contribution in [0.2, 0.25) is 0 Å². The van der Waals surface area contributed by atoms with Gasteiger partial charge in [-0.15, -0.1) is 5.10 Å². The third-order valence-electron chi connectivity index (χ3n) is 3.78. The Kier molecular flexibility index (Phi) is 2.08. The van der Waals surface area contributed by atoms with E-state index in [2.05, 4.69) is 10.3 Å². The molecule has 0 bridgehead atoms. The van der Waals surface area contributed by atoms with Crippen LogP contribution in [0.4, 0.5) is 0 Å². The van der Waals surface area contributed by atoms with Crippen LogP contribution >= 0.6 is 0 Å². The molecule has 1 aromatic rings. The van der Waals surface area contributed by atoms with E-state index >= 15 is 0 Å². The lowest BCUT2D eigenvalue weighted by Gasteiger charge is -2.32. The number of rotatable bonds is 3. The molecule has 0 unspecified atom stereocenters. The highest BCUT2D eigenvalue weighted by Crippen LogP contribution is 2.41. The van der Waals surface area contributed by atoms with Crippen molar-refractivity contribution in [2.45, 2.75) is 50.5 Å². The SMILES string of the molecule is O=Cc1nnn(C2CCC2)c1C1CCC1. The monoisotopic (exact) mass is 205 g/mol. The number of hydrogen-bond acceptors (Lipinski definition) is 3. The van der Waals surface area contributed by atoms with Crippen LogP contribution in [-0.4, -0.2) is 21.3 Å². The maximum Gasteiger partial charge on any atom is 0.172 e. The fraction of sp³-hybridized carbons (Fsp3) is 0.727. The van der Waals surface area contributed by atoms with E-state index in [1.165, 1.54) is 38.5 Å². The smallest absolute Gasteiger partial charge is 0.172 e. The first-order valence-corrected chi connectivity index (χ1v) is 5.80. The molecule has 1 heterocycles. The van der Waals surface area contributed by atoms with Crippen molar-refractivity contribution in [1.82, 2.24) is 15.0 Å². The van der Waals surface area contributed by atoms with Gasteiger partial charge in [0.25, 0.3) is 0 Å². The van der Waals surface area contributed by atoms with E-state index in [4.69, 9.17) is 0 Å². The number of nitrogens with zero attached hydrogens (tertiary/aromatic N) is 3. The highest BCUT2D eigenvalue weighted by molar-refractivity contribution is 5.73. The molecule has 2 aliphatic rings. The molecule has 0 N–H and O–H groups in total. The molecule has 4 nitrogen and oxygen atoms in total. The van der Waals surface area contributed by atoms with Crippen LogP contribution in [0.25, 0.3) is 0 Å². The maximum atomic E-state index is 10.9. The molecule has 80 valence electrons. The molecule has 3 rings (SSSR count). The molecule has 2 saturated carbocycles. The Morgan fingerprint density at radius 3 is 2.40 bits per heavy atom. The lowest BCUT2D eigenvalue weighted by atomic mass is 9.81. The van der Waals surface area contributed by atoms with Crippen LogP contribution in [0.1, 0.15) is 66.7 Å². The maximum absolute atomic E-state index is 10.9. The second-order valence-corrected chi connectivity index (χ2v) is 4.63. The number of carbonyl (C=O) groups is 1. The molecule has 1 aromatic heterocycles.